The highest BCUT2D eigenvalue weighted by atomic mass is 19.1. The Labute approximate surface area is 145 Å². The van der Waals surface area contributed by atoms with E-state index in [-0.39, 0.29) is 12.2 Å². The Hall–Kier alpha value is -2.82. The molecule has 0 aliphatic heterocycles. The van der Waals surface area contributed by atoms with Crippen LogP contribution in [-0.2, 0) is 11.2 Å². The normalized spacial score (nSPS) is 11.0. The van der Waals surface area contributed by atoms with E-state index < -0.39 is 5.97 Å². The molecule has 0 aliphatic rings. The van der Waals surface area contributed by atoms with Gasteiger partial charge in [0.1, 0.15) is 11.6 Å². The van der Waals surface area contributed by atoms with Crippen LogP contribution in [0.2, 0.25) is 0 Å². The van der Waals surface area contributed by atoms with Gasteiger partial charge in [0.05, 0.1) is 18.7 Å². The van der Waals surface area contributed by atoms with Gasteiger partial charge in [-0.3, -0.25) is 4.79 Å². The van der Waals surface area contributed by atoms with Gasteiger partial charge in [-0.25, -0.2) is 4.39 Å². The first kappa shape index (κ1) is 17.0. The molecule has 0 atom stereocenters. The predicted octanol–water partition coefficient (Wildman–Crippen LogP) is 4.78. The van der Waals surface area contributed by atoms with Gasteiger partial charge in [0, 0.05) is 16.5 Å². The molecule has 130 valence electrons. The lowest BCUT2D eigenvalue weighted by atomic mass is 10.0. The topological polar surface area (TPSA) is 62.3 Å². The van der Waals surface area contributed by atoms with Crippen molar-refractivity contribution >= 4 is 16.9 Å². The van der Waals surface area contributed by atoms with Crippen molar-refractivity contribution in [2.45, 2.75) is 26.2 Å². The summed E-state index contributed by atoms with van der Waals surface area (Å²) in [6.45, 7) is 2.71. The number of aromatic nitrogens is 1. The molecule has 25 heavy (non-hydrogen) atoms. The Morgan fingerprint density at radius 1 is 1.24 bits per heavy atom. The summed E-state index contributed by atoms with van der Waals surface area (Å²) in [5.74, 6) is -0.589. The highest BCUT2D eigenvalue weighted by Gasteiger charge is 2.17. The molecule has 0 unspecified atom stereocenters. The minimum absolute atomic E-state index is 0.149. The van der Waals surface area contributed by atoms with Crippen LogP contribution in [0, 0.1) is 5.82 Å². The van der Waals surface area contributed by atoms with Gasteiger partial charge in [0.15, 0.2) is 0 Å². The second-order valence-corrected chi connectivity index (χ2v) is 5.97. The number of carbonyl (C=O) groups is 1. The summed E-state index contributed by atoms with van der Waals surface area (Å²) in [7, 11) is 0. The minimum Gasteiger partial charge on any atom is -0.494 e. The molecule has 1 aromatic heterocycles. The zero-order valence-electron chi connectivity index (χ0n) is 14.0. The van der Waals surface area contributed by atoms with Gasteiger partial charge < -0.3 is 14.8 Å². The van der Waals surface area contributed by atoms with Crippen LogP contribution < -0.4 is 4.74 Å². The largest absolute Gasteiger partial charge is 0.494 e. The lowest BCUT2D eigenvalue weighted by molar-refractivity contribution is -0.136. The van der Waals surface area contributed by atoms with E-state index in [0.717, 1.165) is 23.7 Å². The molecule has 0 bridgehead atoms. The van der Waals surface area contributed by atoms with E-state index in [1.54, 1.807) is 12.1 Å². The predicted molar refractivity (Wildman–Crippen MR) is 95.4 cm³/mol. The first-order chi connectivity index (χ1) is 12.1. The first-order valence-electron chi connectivity index (χ1n) is 8.33. The summed E-state index contributed by atoms with van der Waals surface area (Å²) in [5.41, 5.74) is 2.69. The van der Waals surface area contributed by atoms with Gasteiger partial charge >= 0.3 is 5.97 Å². The Balaban J connectivity index is 2.08. The van der Waals surface area contributed by atoms with Crippen molar-refractivity contribution in [1.29, 1.82) is 0 Å². The molecule has 1 heterocycles. The van der Waals surface area contributed by atoms with Crippen LogP contribution in [0.4, 0.5) is 4.39 Å². The third-order valence-electron chi connectivity index (χ3n) is 4.09. The number of H-pyrrole nitrogens is 1. The first-order valence-corrected chi connectivity index (χ1v) is 8.33. The van der Waals surface area contributed by atoms with Gasteiger partial charge in [-0.15, -0.1) is 0 Å². The number of unbranched alkanes of at least 4 members (excludes halogenated alkanes) is 1. The molecule has 0 saturated carbocycles. The van der Waals surface area contributed by atoms with Crippen molar-refractivity contribution in [2.24, 2.45) is 0 Å². The number of rotatable bonds is 7. The molecule has 0 radical (unpaired) electrons. The molecule has 0 spiro atoms. The second kappa shape index (κ2) is 7.38. The number of carboxylic acids is 1. The van der Waals surface area contributed by atoms with Crippen LogP contribution in [-0.4, -0.2) is 22.7 Å². The van der Waals surface area contributed by atoms with Crippen molar-refractivity contribution in [2.75, 3.05) is 6.61 Å². The summed E-state index contributed by atoms with van der Waals surface area (Å²) >= 11 is 0. The molecule has 4 nitrogen and oxygen atoms in total. The molecule has 3 rings (SSSR count). The fourth-order valence-electron chi connectivity index (χ4n) is 2.88. The van der Waals surface area contributed by atoms with Crippen LogP contribution in [0.15, 0.2) is 42.5 Å². The molecular formula is C20H20FNO3. The highest BCUT2D eigenvalue weighted by Crippen LogP contribution is 2.33. The van der Waals surface area contributed by atoms with Crippen molar-refractivity contribution in [3.63, 3.8) is 0 Å². The monoisotopic (exact) mass is 341 g/mol. The van der Waals surface area contributed by atoms with E-state index in [0.29, 0.717) is 29.2 Å². The zero-order chi connectivity index (χ0) is 17.8. The van der Waals surface area contributed by atoms with Gasteiger partial charge in [-0.05, 0) is 42.3 Å². The molecule has 0 aliphatic carbocycles. The van der Waals surface area contributed by atoms with Gasteiger partial charge in [0.2, 0.25) is 0 Å². The third kappa shape index (κ3) is 3.82. The van der Waals surface area contributed by atoms with Gasteiger partial charge in [-0.1, -0.05) is 25.5 Å². The number of nitrogens with one attached hydrogen (secondary N) is 1. The molecule has 5 heteroatoms. The maximum Gasteiger partial charge on any atom is 0.307 e. The number of ether oxygens (including phenoxy) is 1. The summed E-state index contributed by atoms with van der Waals surface area (Å²) in [6.07, 6.45) is 1.85. The number of benzene rings is 2. The Bertz CT molecular complexity index is 901. The summed E-state index contributed by atoms with van der Waals surface area (Å²) in [4.78, 5) is 14.6. The molecule has 0 amide bonds. The number of aromatic amines is 1. The van der Waals surface area contributed by atoms with E-state index in [4.69, 9.17) is 4.74 Å². The Kier molecular flexibility index (Phi) is 5.03. The van der Waals surface area contributed by atoms with Crippen LogP contribution in [0.25, 0.3) is 22.2 Å². The molecule has 2 N–H and O–H groups in total. The maximum absolute atomic E-state index is 13.6. The van der Waals surface area contributed by atoms with E-state index in [9.17, 15) is 14.3 Å². The minimum atomic E-state index is -0.934. The van der Waals surface area contributed by atoms with Crippen LogP contribution >= 0.6 is 0 Å². The second-order valence-electron chi connectivity index (χ2n) is 5.97. The lowest BCUT2D eigenvalue weighted by Crippen LogP contribution is -2.01. The third-order valence-corrected chi connectivity index (χ3v) is 4.09. The smallest absolute Gasteiger partial charge is 0.307 e. The Morgan fingerprint density at radius 3 is 2.80 bits per heavy atom. The SMILES string of the molecule is CCCCOc1ccc2[nH]c(-c3cccc(F)c3)c(CC(=O)O)c2c1. The molecule has 0 saturated heterocycles. The molecule has 2 aromatic carbocycles. The fourth-order valence-corrected chi connectivity index (χ4v) is 2.88. The standard InChI is InChI=1S/C20H20FNO3/c1-2-3-9-25-15-7-8-18-16(11-15)17(12-19(23)24)20(22-18)13-5-4-6-14(21)10-13/h4-8,10-11,22H,2-3,9,12H2,1H3,(H,23,24). The average molecular weight is 341 g/mol. The van der Waals surface area contributed by atoms with Crippen molar-refractivity contribution in [3.05, 3.63) is 53.8 Å². The maximum atomic E-state index is 13.6. The summed E-state index contributed by atoms with van der Waals surface area (Å²) in [5, 5.41) is 10.1. The van der Waals surface area contributed by atoms with Gasteiger partial charge in [-0.2, -0.15) is 0 Å². The number of hydrogen-bond donors (Lipinski definition) is 2. The van der Waals surface area contributed by atoms with Gasteiger partial charge in [0.25, 0.3) is 0 Å². The van der Waals surface area contributed by atoms with Crippen molar-refractivity contribution in [3.8, 4) is 17.0 Å². The fraction of sp³-hybridized carbons (Fsp3) is 0.250. The summed E-state index contributed by atoms with van der Waals surface area (Å²) in [6, 6.07) is 11.7. The van der Waals surface area contributed by atoms with E-state index in [1.807, 2.05) is 18.2 Å². The van der Waals surface area contributed by atoms with Crippen molar-refractivity contribution in [1.82, 2.24) is 4.98 Å². The van der Waals surface area contributed by atoms with E-state index in [1.165, 1.54) is 12.1 Å². The van der Waals surface area contributed by atoms with E-state index in [2.05, 4.69) is 11.9 Å². The van der Waals surface area contributed by atoms with Crippen LogP contribution in [0.1, 0.15) is 25.3 Å². The number of halogens is 1. The molecule has 0 fully saturated rings. The average Bonchev–Trinajstić information content (AvgIpc) is 2.93. The number of carboxylic acid groups (broad SMARTS) is 1. The summed E-state index contributed by atoms with van der Waals surface area (Å²) < 4.78 is 19.3. The zero-order valence-corrected chi connectivity index (χ0v) is 14.0. The number of hydrogen-bond acceptors (Lipinski definition) is 2. The quantitative estimate of drug-likeness (QED) is 0.608. The van der Waals surface area contributed by atoms with Crippen LogP contribution in [0.5, 0.6) is 5.75 Å². The highest BCUT2D eigenvalue weighted by molar-refractivity contribution is 5.94. The Morgan fingerprint density at radius 2 is 2.08 bits per heavy atom. The van der Waals surface area contributed by atoms with Crippen LogP contribution in [0.3, 0.4) is 0 Å². The van der Waals surface area contributed by atoms with Crippen molar-refractivity contribution < 1.29 is 19.0 Å². The van der Waals surface area contributed by atoms with E-state index >= 15 is 0 Å². The molecular weight excluding hydrogens is 321 g/mol. The number of aliphatic carboxylic acids is 1. The lowest BCUT2D eigenvalue weighted by Gasteiger charge is -2.06. The number of fused-ring (bicyclic) bond motifs is 1. The molecule has 3 aromatic rings.